The lowest BCUT2D eigenvalue weighted by atomic mass is 10.2. The molecule has 0 N–H and O–H groups in total. The molecular formula is C9H15N3OS3. The van der Waals surface area contributed by atoms with Crippen molar-refractivity contribution in [3.63, 3.8) is 0 Å². The van der Waals surface area contributed by atoms with Crippen molar-refractivity contribution in [3.05, 3.63) is 10.4 Å². The molecule has 0 saturated carbocycles. The van der Waals surface area contributed by atoms with Crippen LogP contribution in [0.2, 0.25) is 0 Å². The van der Waals surface area contributed by atoms with Crippen molar-refractivity contribution < 1.29 is 4.79 Å². The molecule has 0 aromatic carbocycles. The molecule has 0 aromatic rings. The third-order valence-electron chi connectivity index (χ3n) is 1.71. The van der Waals surface area contributed by atoms with E-state index in [0.29, 0.717) is 0 Å². The van der Waals surface area contributed by atoms with Gasteiger partial charge in [0, 0.05) is 4.91 Å². The highest BCUT2D eigenvalue weighted by Gasteiger charge is 2.28. The van der Waals surface area contributed by atoms with Gasteiger partial charge in [-0.15, -0.1) is 11.8 Å². The van der Waals surface area contributed by atoms with E-state index >= 15 is 0 Å². The first-order chi connectivity index (χ1) is 7.44. The standard InChI is InChI=1S/C9H15N3OS3/c1-4-5-6-15-8(14)16-9(2,3)7(13)11-12-10/h4-6H2,1-3H3. The van der Waals surface area contributed by atoms with Crippen molar-refractivity contribution in [1.82, 2.24) is 0 Å². The molecule has 0 unspecified atom stereocenters. The van der Waals surface area contributed by atoms with Crippen LogP contribution in [0.5, 0.6) is 0 Å². The molecule has 0 aliphatic carbocycles. The summed E-state index contributed by atoms with van der Waals surface area (Å²) in [4.78, 5) is 13.9. The summed E-state index contributed by atoms with van der Waals surface area (Å²) >= 11 is 8.01. The van der Waals surface area contributed by atoms with Crippen molar-refractivity contribution in [1.29, 1.82) is 0 Å². The average molecular weight is 277 g/mol. The van der Waals surface area contributed by atoms with Crippen LogP contribution in [0.15, 0.2) is 5.11 Å². The Balaban J connectivity index is 4.19. The molecule has 0 atom stereocenters. The van der Waals surface area contributed by atoms with Gasteiger partial charge < -0.3 is 0 Å². The van der Waals surface area contributed by atoms with Crippen LogP contribution in [-0.4, -0.2) is 19.9 Å². The molecule has 0 aromatic heterocycles. The maximum Gasteiger partial charge on any atom is 0.234 e. The molecular weight excluding hydrogens is 262 g/mol. The molecule has 0 spiro atoms. The number of rotatable bonds is 5. The third kappa shape index (κ3) is 6.37. The zero-order valence-electron chi connectivity index (χ0n) is 9.60. The van der Waals surface area contributed by atoms with Gasteiger partial charge in [0.05, 0.1) is 4.75 Å². The van der Waals surface area contributed by atoms with Crippen LogP contribution < -0.4 is 0 Å². The van der Waals surface area contributed by atoms with Gasteiger partial charge in [0.1, 0.15) is 3.53 Å². The van der Waals surface area contributed by atoms with E-state index in [1.165, 1.54) is 11.8 Å². The van der Waals surface area contributed by atoms with Gasteiger partial charge in [-0.05, 0) is 36.7 Å². The number of hydrogen-bond donors (Lipinski definition) is 0. The Morgan fingerprint density at radius 2 is 2.19 bits per heavy atom. The quantitative estimate of drug-likeness (QED) is 0.249. The lowest BCUT2D eigenvalue weighted by Gasteiger charge is -2.19. The zero-order valence-corrected chi connectivity index (χ0v) is 12.0. The second-order valence-electron chi connectivity index (χ2n) is 3.56. The van der Waals surface area contributed by atoms with Crippen molar-refractivity contribution in [3.8, 4) is 0 Å². The third-order valence-corrected chi connectivity index (χ3v) is 4.49. The summed E-state index contributed by atoms with van der Waals surface area (Å²) in [5, 5.41) is 3.10. The Morgan fingerprint density at radius 3 is 2.69 bits per heavy atom. The summed E-state index contributed by atoms with van der Waals surface area (Å²) in [6, 6.07) is 0. The van der Waals surface area contributed by atoms with Gasteiger partial charge in [-0.1, -0.05) is 37.3 Å². The first kappa shape index (κ1) is 15.8. The number of azide groups is 1. The Kier molecular flexibility index (Phi) is 7.83. The molecule has 0 aliphatic rings. The highest BCUT2D eigenvalue weighted by Crippen LogP contribution is 2.32. The van der Waals surface area contributed by atoms with Gasteiger partial charge in [0.2, 0.25) is 5.91 Å². The Labute approximate surface area is 110 Å². The van der Waals surface area contributed by atoms with Crippen molar-refractivity contribution in [2.24, 2.45) is 5.11 Å². The smallest absolute Gasteiger partial charge is 0.234 e. The van der Waals surface area contributed by atoms with E-state index in [2.05, 4.69) is 16.9 Å². The molecule has 0 fully saturated rings. The highest BCUT2D eigenvalue weighted by atomic mass is 32.2. The van der Waals surface area contributed by atoms with Gasteiger partial charge in [0.15, 0.2) is 0 Å². The van der Waals surface area contributed by atoms with Crippen LogP contribution in [0.3, 0.4) is 0 Å². The maximum absolute atomic E-state index is 11.4. The summed E-state index contributed by atoms with van der Waals surface area (Å²) in [6.07, 6.45) is 2.23. The predicted octanol–water partition coefficient (Wildman–Crippen LogP) is 4.15. The summed E-state index contributed by atoms with van der Waals surface area (Å²) in [5.74, 6) is 0.479. The number of nitrogens with zero attached hydrogens (tertiary/aromatic N) is 3. The maximum atomic E-state index is 11.4. The zero-order chi connectivity index (χ0) is 12.6. The van der Waals surface area contributed by atoms with Gasteiger partial charge >= 0.3 is 0 Å². The van der Waals surface area contributed by atoms with Crippen LogP contribution in [0.4, 0.5) is 0 Å². The summed E-state index contributed by atoms with van der Waals surface area (Å²) < 4.78 is -0.0531. The van der Waals surface area contributed by atoms with Crippen molar-refractivity contribution in [2.75, 3.05) is 5.75 Å². The lowest BCUT2D eigenvalue weighted by molar-refractivity contribution is -0.119. The topological polar surface area (TPSA) is 65.8 Å². The van der Waals surface area contributed by atoms with E-state index in [1.54, 1.807) is 25.6 Å². The minimum absolute atomic E-state index is 0.488. The molecule has 0 bridgehead atoms. The average Bonchev–Trinajstić information content (AvgIpc) is 2.17. The van der Waals surface area contributed by atoms with E-state index in [4.69, 9.17) is 17.7 Å². The van der Waals surface area contributed by atoms with E-state index in [1.807, 2.05) is 0 Å². The molecule has 0 radical (unpaired) electrons. The second-order valence-corrected chi connectivity index (χ2v) is 7.48. The SMILES string of the molecule is CCCCSC(=S)SC(C)(C)C(=O)N=[N+]=[N-]. The van der Waals surface area contributed by atoms with Gasteiger partial charge in [-0.3, -0.25) is 4.79 Å². The number of unbranched alkanes of at least 4 members (excludes halogenated alkanes) is 1. The molecule has 0 rings (SSSR count). The van der Waals surface area contributed by atoms with Crippen LogP contribution in [0.25, 0.3) is 10.4 Å². The fraction of sp³-hybridized carbons (Fsp3) is 0.778. The van der Waals surface area contributed by atoms with Gasteiger partial charge in [0.25, 0.3) is 0 Å². The number of carbonyl (C=O) groups is 1. The summed E-state index contributed by atoms with van der Waals surface area (Å²) in [7, 11) is 0. The van der Waals surface area contributed by atoms with E-state index in [-0.39, 0.29) is 0 Å². The number of thioether (sulfide) groups is 2. The first-order valence-corrected chi connectivity index (χ1v) is 7.10. The van der Waals surface area contributed by atoms with Crippen LogP contribution in [0, 0.1) is 0 Å². The second kappa shape index (κ2) is 7.95. The van der Waals surface area contributed by atoms with E-state index in [0.717, 1.165) is 22.1 Å². The predicted molar refractivity (Wildman–Crippen MR) is 75.8 cm³/mol. The molecule has 0 heterocycles. The fourth-order valence-corrected chi connectivity index (χ4v) is 3.87. The normalized spacial score (nSPS) is 10.7. The van der Waals surface area contributed by atoms with Crippen LogP contribution >= 0.6 is 35.7 Å². The minimum atomic E-state index is -0.775. The van der Waals surface area contributed by atoms with E-state index in [9.17, 15) is 4.79 Å². The molecule has 1 amide bonds. The van der Waals surface area contributed by atoms with Crippen molar-refractivity contribution >= 4 is 45.2 Å². The van der Waals surface area contributed by atoms with E-state index < -0.39 is 10.7 Å². The fourth-order valence-electron chi connectivity index (χ4n) is 0.742. The Hall–Kier alpha value is -0.230. The highest BCUT2D eigenvalue weighted by molar-refractivity contribution is 8.47. The number of thiocarbonyl (C=S) groups is 1. The summed E-state index contributed by atoms with van der Waals surface area (Å²) in [6.45, 7) is 5.54. The molecule has 0 aliphatic heterocycles. The molecule has 7 heteroatoms. The Bertz CT molecular complexity index is 311. The molecule has 4 nitrogen and oxygen atoms in total. The van der Waals surface area contributed by atoms with Crippen LogP contribution in [0.1, 0.15) is 33.6 Å². The number of carbonyl (C=O) groups excluding carboxylic acids is 1. The van der Waals surface area contributed by atoms with Gasteiger partial charge in [-0.2, -0.15) is 0 Å². The Morgan fingerprint density at radius 1 is 1.56 bits per heavy atom. The monoisotopic (exact) mass is 277 g/mol. The number of amides is 1. The molecule has 0 saturated heterocycles. The largest absolute Gasteiger partial charge is 0.291 e. The van der Waals surface area contributed by atoms with Crippen LogP contribution in [-0.2, 0) is 4.79 Å². The molecule has 90 valence electrons. The van der Waals surface area contributed by atoms with Crippen molar-refractivity contribution in [2.45, 2.75) is 38.4 Å². The lowest BCUT2D eigenvalue weighted by Crippen LogP contribution is -2.26. The van der Waals surface area contributed by atoms with Gasteiger partial charge in [-0.25, -0.2) is 0 Å². The molecule has 16 heavy (non-hydrogen) atoms. The first-order valence-electron chi connectivity index (χ1n) is 4.89. The summed E-state index contributed by atoms with van der Waals surface area (Å²) in [5.41, 5.74) is 8.20. The number of hydrogen-bond acceptors (Lipinski definition) is 4. The minimum Gasteiger partial charge on any atom is -0.291 e.